The third-order valence-electron chi connectivity index (χ3n) is 9.36. The number of carbonyl (C=O) groups is 2. The van der Waals surface area contributed by atoms with Gasteiger partial charge in [-0.1, -0.05) is 48.3 Å². The molecule has 2 fully saturated rings. The molecule has 1 aromatic heterocycles. The number of hydrogen-bond donors (Lipinski definition) is 1. The van der Waals surface area contributed by atoms with E-state index in [1.54, 1.807) is 44.0 Å². The second-order valence-corrected chi connectivity index (χ2v) is 18.9. The first kappa shape index (κ1) is 35.8. The third-order valence-corrected chi connectivity index (χ3v) is 13.5. The normalized spacial score (nSPS) is 22.7. The van der Waals surface area contributed by atoms with E-state index in [0.29, 0.717) is 35.0 Å². The maximum Gasteiger partial charge on any atom is 0.229 e. The quantitative estimate of drug-likeness (QED) is 0.221. The average molecular weight is 723 g/mol. The lowest BCUT2D eigenvalue weighted by molar-refractivity contribution is -0.154. The van der Waals surface area contributed by atoms with Crippen molar-refractivity contribution in [2.45, 2.75) is 89.5 Å². The van der Waals surface area contributed by atoms with Gasteiger partial charge in [-0.15, -0.1) is 11.3 Å². The van der Waals surface area contributed by atoms with E-state index in [1.807, 2.05) is 32.0 Å². The summed E-state index contributed by atoms with van der Waals surface area (Å²) in [7, 11) is -3.65. The van der Waals surface area contributed by atoms with Gasteiger partial charge in [0.15, 0.2) is 9.84 Å². The molecule has 2 amide bonds. The first-order valence-electron chi connectivity index (χ1n) is 16.0. The number of amides is 2. The topological polar surface area (TPSA) is 96.4 Å². The molecule has 1 saturated heterocycles. The molecule has 1 N–H and O–H groups in total. The van der Waals surface area contributed by atoms with Gasteiger partial charge in [0, 0.05) is 41.0 Å². The minimum atomic E-state index is -3.65. The van der Waals surface area contributed by atoms with Crippen molar-refractivity contribution in [2.24, 2.45) is 11.3 Å². The minimum Gasteiger partial charge on any atom is -0.356 e. The molecule has 2 aromatic carbocycles. The zero-order chi connectivity index (χ0) is 34.3. The summed E-state index contributed by atoms with van der Waals surface area (Å²) in [6.45, 7) is 9.33. The number of likely N-dealkylation sites (tertiary alicyclic amines) is 1. The van der Waals surface area contributed by atoms with Gasteiger partial charge in [0.2, 0.25) is 11.8 Å². The maximum absolute atomic E-state index is 15.1. The average Bonchev–Trinajstić information content (AvgIpc) is 3.74. The van der Waals surface area contributed by atoms with Gasteiger partial charge in [-0.3, -0.25) is 9.59 Å². The van der Waals surface area contributed by atoms with Crippen LogP contribution in [0.5, 0.6) is 0 Å². The number of aromatic nitrogens is 1. The van der Waals surface area contributed by atoms with Crippen molar-refractivity contribution >= 4 is 56.2 Å². The molecule has 2 aliphatic rings. The second kappa shape index (κ2) is 13.8. The van der Waals surface area contributed by atoms with E-state index in [4.69, 9.17) is 23.2 Å². The summed E-state index contributed by atoms with van der Waals surface area (Å²) in [4.78, 5) is 34.5. The van der Waals surface area contributed by atoms with Gasteiger partial charge < -0.3 is 10.2 Å². The van der Waals surface area contributed by atoms with Gasteiger partial charge in [-0.05, 0) is 88.3 Å². The summed E-state index contributed by atoms with van der Waals surface area (Å²) in [6, 6.07) is 10.7. The smallest absolute Gasteiger partial charge is 0.229 e. The zero-order valence-corrected chi connectivity index (χ0v) is 30.5. The number of hydrogen-bond acceptors (Lipinski definition) is 6. The van der Waals surface area contributed by atoms with Crippen LogP contribution in [0.25, 0.3) is 0 Å². The van der Waals surface area contributed by atoms with Gasteiger partial charge in [-0.25, -0.2) is 17.8 Å². The lowest BCUT2D eigenvalue weighted by Crippen LogP contribution is -2.59. The van der Waals surface area contributed by atoms with Crippen LogP contribution in [-0.4, -0.2) is 53.2 Å². The zero-order valence-electron chi connectivity index (χ0n) is 27.4. The van der Waals surface area contributed by atoms with Gasteiger partial charge in [0.05, 0.1) is 38.4 Å². The minimum absolute atomic E-state index is 0.0124. The van der Waals surface area contributed by atoms with Gasteiger partial charge in [0.1, 0.15) is 5.82 Å². The van der Waals surface area contributed by atoms with E-state index in [0.717, 1.165) is 23.3 Å². The molecule has 3 aromatic rings. The fraction of sp³-hybridized carbons (Fsp3) is 0.514. The third kappa shape index (κ3) is 7.87. The number of halogens is 3. The molecule has 5 rings (SSSR count). The monoisotopic (exact) mass is 721 g/mol. The Kier molecular flexibility index (Phi) is 10.5. The fourth-order valence-electron chi connectivity index (χ4n) is 6.61. The highest BCUT2D eigenvalue weighted by molar-refractivity contribution is 7.92. The molecule has 7 nitrogen and oxygen atoms in total. The molecule has 0 unspecified atom stereocenters. The highest BCUT2D eigenvalue weighted by Gasteiger charge is 2.55. The molecule has 0 radical (unpaired) electrons. The van der Waals surface area contributed by atoms with Crippen LogP contribution in [0.3, 0.4) is 0 Å². The van der Waals surface area contributed by atoms with Gasteiger partial charge in [0.25, 0.3) is 0 Å². The number of benzene rings is 2. The number of nitrogens with one attached hydrogen (secondary N) is 1. The van der Waals surface area contributed by atoms with Crippen molar-refractivity contribution < 1.29 is 22.4 Å². The summed E-state index contributed by atoms with van der Waals surface area (Å²) >= 11 is 14.0. The van der Waals surface area contributed by atoms with Gasteiger partial charge >= 0.3 is 0 Å². The molecule has 1 aliphatic carbocycles. The molecule has 1 aliphatic heterocycles. The predicted octanol–water partition coefficient (Wildman–Crippen LogP) is 7.57. The first-order valence-corrected chi connectivity index (χ1v) is 19.2. The number of thiazole rings is 1. The summed E-state index contributed by atoms with van der Waals surface area (Å²) in [5.41, 5.74) is 0.420. The van der Waals surface area contributed by atoms with Crippen molar-refractivity contribution in [3.05, 3.63) is 85.5 Å². The highest BCUT2D eigenvalue weighted by atomic mass is 35.5. The standard InChI is InChI=1S/C35H42Cl2FN3O4S2/c1-6-39-30(42)16-25-19-40-31(46-25)18-35(5)17-26(22-8-7-9-24(36)14-22)32(23-12-13-27(37)28(38)15-23)41(33(35)43)29(21-10-11-21)20-47(44,45)34(2,3)4/h7-9,12-15,19,21,26,29,32H,6,10-11,16-18,20H2,1-5H3,(H,39,42)/t26-,29-,32-,35-/m1/s1. The predicted molar refractivity (Wildman–Crippen MR) is 186 cm³/mol. The summed E-state index contributed by atoms with van der Waals surface area (Å²) in [5, 5.41) is 4.01. The van der Waals surface area contributed by atoms with Crippen LogP contribution in [0.4, 0.5) is 4.39 Å². The molecule has 47 heavy (non-hydrogen) atoms. The molecule has 0 bridgehead atoms. The van der Waals surface area contributed by atoms with Gasteiger partial charge in [-0.2, -0.15) is 0 Å². The first-order chi connectivity index (χ1) is 22.0. The number of carbonyl (C=O) groups excluding carboxylic acids is 2. The molecule has 4 atom stereocenters. The van der Waals surface area contributed by atoms with Crippen LogP contribution in [0.2, 0.25) is 10.0 Å². The van der Waals surface area contributed by atoms with Crippen LogP contribution in [-0.2, 0) is 32.3 Å². The van der Waals surface area contributed by atoms with E-state index in [2.05, 4.69) is 10.3 Å². The van der Waals surface area contributed by atoms with Crippen LogP contribution < -0.4 is 5.32 Å². The molecule has 254 valence electrons. The number of likely N-dealkylation sites (N-methyl/N-ethyl adjacent to an activating group) is 1. The lowest BCUT2D eigenvalue weighted by atomic mass is 9.67. The Morgan fingerprint density at radius 2 is 1.89 bits per heavy atom. The molecular formula is C35H42Cl2FN3O4S2. The van der Waals surface area contributed by atoms with Crippen LogP contribution >= 0.6 is 34.5 Å². The van der Waals surface area contributed by atoms with Crippen molar-refractivity contribution in [3.8, 4) is 0 Å². The lowest BCUT2D eigenvalue weighted by Gasteiger charge is -2.52. The number of nitrogens with zero attached hydrogens (tertiary/aromatic N) is 2. The summed E-state index contributed by atoms with van der Waals surface area (Å²) in [5.74, 6) is -1.47. The van der Waals surface area contributed by atoms with Crippen LogP contribution in [0.15, 0.2) is 48.7 Å². The Morgan fingerprint density at radius 3 is 2.51 bits per heavy atom. The Hall–Kier alpha value is -2.53. The molecule has 2 heterocycles. The number of sulfone groups is 1. The number of rotatable bonds is 11. The summed E-state index contributed by atoms with van der Waals surface area (Å²) in [6.07, 6.45) is 4.15. The SMILES string of the molecule is CCNC(=O)Cc1cnc(C[C@@]2(C)C[C@H](c3cccc(Cl)c3)[C@@H](c3ccc(Cl)c(F)c3)N([C@H](CS(=O)(=O)C(C)(C)C)C3CC3)C2=O)s1. The Labute approximate surface area is 291 Å². The molecule has 0 spiro atoms. The maximum atomic E-state index is 15.1. The van der Waals surface area contributed by atoms with Crippen molar-refractivity contribution in [1.29, 1.82) is 0 Å². The van der Waals surface area contributed by atoms with Crippen LogP contribution in [0.1, 0.15) is 86.9 Å². The number of piperidine rings is 1. The van der Waals surface area contributed by atoms with Crippen molar-refractivity contribution in [3.63, 3.8) is 0 Å². The fourth-order valence-corrected chi connectivity index (χ4v) is 9.42. The highest BCUT2D eigenvalue weighted by Crippen LogP contribution is 2.54. The largest absolute Gasteiger partial charge is 0.356 e. The van der Waals surface area contributed by atoms with Crippen molar-refractivity contribution in [2.75, 3.05) is 12.3 Å². The Balaban J connectivity index is 1.65. The van der Waals surface area contributed by atoms with E-state index in [9.17, 15) is 13.2 Å². The molecule has 1 saturated carbocycles. The van der Waals surface area contributed by atoms with E-state index < -0.39 is 37.9 Å². The second-order valence-electron chi connectivity index (χ2n) is 14.1. The van der Waals surface area contributed by atoms with Crippen molar-refractivity contribution in [1.82, 2.24) is 15.2 Å². The van der Waals surface area contributed by atoms with Crippen LogP contribution in [0, 0.1) is 17.2 Å². The van der Waals surface area contributed by atoms with E-state index in [1.165, 1.54) is 23.5 Å². The molecule has 12 heteroatoms. The van der Waals surface area contributed by atoms with E-state index in [-0.39, 0.29) is 40.8 Å². The Bertz CT molecular complexity index is 1750. The molecular weight excluding hydrogens is 680 g/mol. The Morgan fingerprint density at radius 1 is 1.17 bits per heavy atom. The van der Waals surface area contributed by atoms with E-state index >= 15 is 9.18 Å². The summed E-state index contributed by atoms with van der Waals surface area (Å²) < 4.78 is 41.7.